The molecule has 0 radical (unpaired) electrons. The third kappa shape index (κ3) is 50.3. The molecule has 1 amide bonds. The second kappa shape index (κ2) is 61.5. The van der Waals surface area contributed by atoms with Crippen LogP contribution in [0.5, 0.6) is 0 Å². The maximum Gasteiger partial charge on any atom is 0.220 e. The number of ether oxygens (including phenoxy) is 2. The number of aliphatic hydroxyl groups excluding tert-OH is 5. The molecule has 1 fully saturated rings. The van der Waals surface area contributed by atoms with E-state index in [1.54, 1.807) is 0 Å². The molecule has 1 aliphatic rings. The molecule has 0 aromatic carbocycles. The molecule has 0 aliphatic carbocycles. The smallest absolute Gasteiger partial charge is 0.220 e. The Morgan fingerprint density at radius 1 is 0.420 bits per heavy atom. The monoisotopic (exact) mass is 1140 g/mol. The summed E-state index contributed by atoms with van der Waals surface area (Å²) in [6.07, 6.45) is 75.0. The van der Waals surface area contributed by atoms with Crippen molar-refractivity contribution in [3.63, 3.8) is 0 Å². The fraction of sp³-hybridized carbons (Fsp3) is 0.903. The third-order valence-electron chi connectivity index (χ3n) is 17.2. The number of hydrogen-bond acceptors (Lipinski definition) is 8. The molecule has 7 unspecified atom stereocenters. The van der Waals surface area contributed by atoms with Gasteiger partial charge in [0.05, 0.1) is 25.4 Å². The number of amides is 1. The van der Waals surface area contributed by atoms with Crippen molar-refractivity contribution in [1.29, 1.82) is 0 Å². The number of carbonyl (C=O) groups is 1. The molecule has 0 bridgehead atoms. The van der Waals surface area contributed by atoms with Gasteiger partial charge in [-0.1, -0.05) is 339 Å². The molecular weight excluding hydrogens is 1010 g/mol. The van der Waals surface area contributed by atoms with Crippen LogP contribution in [-0.4, -0.2) is 87.5 Å². The van der Waals surface area contributed by atoms with Gasteiger partial charge in [0.15, 0.2) is 6.29 Å². The molecule has 6 N–H and O–H groups in total. The average molecular weight is 1140 g/mol. The van der Waals surface area contributed by atoms with Crippen molar-refractivity contribution in [2.45, 2.75) is 403 Å². The van der Waals surface area contributed by atoms with E-state index in [0.29, 0.717) is 12.8 Å². The molecule has 1 rings (SSSR count). The second-order valence-electron chi connectivity index (χ2n) is 25.0. The van der Waals surface area contributed by atoms with Gasteiger partial charge in [-0.25, -0.2) is 0 Å². The summed E-state index contributed by atoms with van der Waals surface area (Å²) in [5, 5.41) is 55.0. The van der Waals surface area contributed by atoms with Gasteiger partial charge in [0, 0.05) is 6.42 Å². The van der Waals surface area contributed by atoms with Crippen molar-refractivity contribution in [3.05, 3.63) is 36.5 Å². The zero-order chi connectivity index (χ0) is 58.6. The standard InChI is InChI=1S/C72H137NO8/c1-3-5-7-9-11-13-15-17-19-21-23-25-27-29-31-32-33-34-36-38-40-42-44-46-48-50-52-54-56-58-60-62-68(76)73-65(64-80-72-71(79)70(78)69(77)67(63-74)81-72)66(75)61-59-57-55-53-51-49-47-45-43-41-39-37-35-30-28-26-24-22-20-18-16-14-12-10-8-6-4-2/h15,17,21,23,27,29,65-67,69-72,74-75,77-79H,3-14,16,18-20,22,24-26,28,30-64H2,1-2H3,(H,73,76)/b17-15-,23-21-,29-27-. The molecule has 0 spiro atoms. The van der Waals surface area contributed by atoms with Crippen molar-refractivity contribution in [2.75, 3.05) is 13.2 Å². The summed E-state index contributed by atoms with van der Waals surface area (Å²) >= 11 is 0. The van der Waals surface area contributed by atoms with Crippen LogP contribution < -0.4 is 5.32 Å². The van der Waals surface area contributed by atoms with Gasteiger partial charge in [-0.15, -0.1) is 0 Å². The summed E-state index contributed by atoms with van der Waals surface area (Å²) in [4.78, 5) is 13.2. The molecule has 1 heterocycles. The van der Waals surface area contributed by atoms with Crippen LogP contribution in [0.4, 0.5) is 0 Å². The minimum Gasteiger partial charge on any atom is -0.394 e. The molecule has 1 aliphatic heterocycles. The summed E-state index contributed by atoms with van der Waals surface area (Å²) < 4.78 is 11.4. The first-order chi connectivity index (χ1) is 39.8. The first kappa shape index (κ1) is 77.4. The highest BCUT2D eigenvalue weighted by atomic mass is 16.7. The highest BCUT2D eigenvalue weighted by Gasteiger charge is 2.44. The first-order valence-electron chi connectivity index (χ1n) is 35.7. The fourth-order valence-corrected chi connectivity index (χ4v) is 11.6. The van der Waals surface area contributed by atoms with Crippen molar-refractivity contribution in [1.82, 2.24) is 5.32 Å². The summed E-state index contributed by atoms with van der Waals surface area (Å²) in [7, 11) is 0. The Kier molecular flexibility index (Phi) is 58.8. The molecule has 478 valence electrons. The average Bonchev–Trinajstić information content (AvgIpc) is 3.47. The van der Waals surface area contributed by atoms with Crippen molar-refractivity contribution < 1.29 is 39.8 Å². The Labute approximate surface area is 501 Å². The van der Waals surface area contributed by atoms with E-state index in [2.05, 4.69) is 55.6 Å². The van der Waals surface area contributed by atoms with Gasteiger partial charge in [-0.2, -0.15) is 0 Å². The Balaban J connectivity index is 2.10. The molecule has 0 aromatic rings. The van der Waals surface area contributed by atoms with Crippen molar-refractivity contribution >= 4 is 5.91 Å². The number of rotatable bonds is 63. The van der Waals surface area contributed by atoms with Crippen LogP contribution in [0.25, 0.3) is 0 Å². The van der Waals surface area contributed by atoms with E-state index < -0.39 is 49.5 Å². The molecule has 0 saturated carbocycles. The third-order valence-corrected chi connectivity index (χ3v) is 17.2. The first-order valence-corrected chi connectivity index (χ1v) is 35.7. The maximum atomic E-state index is 13.2. The number of aliphatic hydroxyl groups is 5. The van der Waals surface area contributed by atoms with Gasteiger partial charge < -0.3 is 40.3 Å². The molecular formula is C72H137NO8. The topological polar surface area (TPSA) is 149 Å². The van der Waals surface area contributed by atoms with E-state index in [1.165, 1.54) is 283 Å². The van der Waals surface area contributed by atoms with E-state index in [0.717, 1.165) is 51.4 Å². The van der Waals surface area contributed by atoms with E-state index in [4.69, 9.17) is 9.47 Å². The summed E-state index contributed by atoms with van der Waals surface area (Å²) in [6.45, 7) is 3.88. The minimum atomic E-state index is -1.55. The lowest BCUT2D eigenvalue weighted by molar-refractivity contribution is -0.302. The van der Waals surface area contributed by atoms with E-state index >= 15 is 0 Å². The normalized spacial score (nSPS) is 18.5. The quantitative estimate of drug-likeness (QED) is 0.0261. The van der Waals surface area contributed by atoms with Crippen LogP contribution in [0, 0.1) is 0 Å². The SMILES string of the molecule is CCCCCCC/C=C\C/C=C\C/C=C\CCCCCCCCCCCCCCCCCCC(=O)NC(COC1OC(CO)C(O)C(O)C1O)C(O)CCCCCCCCCCCCCCCCCCCCCCCCCCCCC. The summed E-state index contributed by atoms with van der Waals surface area (Å²) in [5.41, 5.74) is 0. The summed E-state index contributed by atoms with van der Waals surface area (Å²) in [5.74, 6) is -0.138. The van der Waals surface area contributed by atoms with Crippen LogP contribution in [0.1, 0.15) is 361 Å². The van der Waals surface area contributed by atoms with Crippen LogP contribution in [0.2, 0.25) is 0 Å². The Morgan fingerprint density at radius 2 is 0.728 bits per heavy atom. The molecule has 1 saturated heterocycles. The number of allylic oxidation sites excluding steroid dienone is 6. The zero-order valence-corrected chi connectivity index (χ0v) is 53.6. The van der Waals surface area contributed by atoms with Gasteiger partial charge in [-0.05, 0) is 51.4 Å². The second-order valence-corrected chi connectivity index (χ2v) is 25.0. The van der Waals surface area contributed by atoms with Crippen LogP contribution >= 0.6 is 0 Å². The predicted molar refractivity (Wildman–Crippen MR) is 346 cm³/mol. The lowest BCUT2D eigenvalue weighted by atomic mass is 9.99. The van der Waals surface area contributed by atoms with E-state index in [-0.39, 0.29) is 12.5 Å². The predicted octanol–water partition coefficient (Wildman–Crippen LogP) is 19.4. The lowest BCUT2D eigenvalue weighted by Crippen LogP contribution is -2.60. The van der Waals surface area contributed by atoms with E-state index in [9.17, 15) is 30.3 Å². The van der Waals surface area contributed by atoms with Gasteiger partial charge in [0.2, 0.25) is 5.91 Å². The number of carbonyl (C=O) groups excluding carboxylic acids is 1. The maximum absolute atomic E-state index is 13.2. The van der Waals surface area contributed by atoms with Gasteiger partial charge in [-0.3, -0.25) is 4.79 Å². The largest absolute Gasteiger partial charge is 0.394 e. The van der Waals surface area contributed by atoms with Gasteiger partial charge in [0.1, 0.15) is 24.4 Å². The number of unbranched alkanes of at least 4 members (excludes halogenated alkanes) is 47. The van der Waals surface area contributed by atoms with Crippen LogP contribution in [0.15, 0.2) is 36.5 Å². The Morgan fingerprint density at radius 3 is 1.07 bits per heavy atom. The molecule has 81 heavy (non-hydrogen) atoms. The number of hydrogen-bond donors (Lipinski definition) is 6. The van der Waals surface area contributed by atoms with Crippen LogP contribution in [-0.2, 0) is 14.3 Å². The van der Waals surface area contributed by atoms with E-state index in [1.807, 2.05) is 0 Å². The highest BCUT2D eigenvalue weighted by Crippen LogP contribution is 2.24. The fourth-order valence-electron chi connectivity index (χ4n) is 11.6. The number of nitrogens with one attached hydrogen (secondary N) is 1. The Hall–Kier alpha value is -1.59. The zero-order valence-electron chi connectivity index (χ0n) is 53.6. The molecule has 0 aromatic heterocycles. The minimum absolute atomic E-state index is 0.135. The molecule has 9 heteroatoms. The Bertz CT molecular complexity index is 1370. The van der Waals surface area contributed by atoms with Crippen molar-refractivity contribution in [2.24, 2.45) is 0 Å². The summed E-state index contributed by atoms with van der Waals surface area (Å²) in [6, 6.07) is -0.720. The van der Waals surface area contributed by atoms with Crippen molar-refractivity contribution in [3.8, 4) is 0 Å². The lowest BCUT2D eigenvalue weighted by Gasteiger charge is -2.40. The molecule has 9 nitrogen and oxygen atoms in total. The van der Waals surface area contributed by atoms with Gasteiger partial charge in [0.25, 0.3) is 0 Å². The van der Waals surface area contributed by atoms with Gasteiger partial charge >= 0.3 is 0 Å². The van der Waals surface area contributed by atoms with Crippen LogP contribution in [0.3, 0.4) is 0 Å². The highest BCUT2D eigenvalue weighted by molar-refractivity contribution is 5.76. The molecule has 7 atom stereocenters.